The number of phenolic OH excluding ortho intramolecular Hbond substituents is 1. The van der Waals surface area contributed by atoms with E-state index in [9.17, 15) is 5.11 Å². The van der Waals surface area contributed by atoms with Crippen LogP contribution < -0.4 is 9.47 Å². The molecular weight excluding hydrogens is 340 g/mol. The van der Waals surface area contributed by atoms with Crippen molar-refractivity contribution in [2.24, 2.45) is 0 Å². The highest BCUT2D eigenvalue weighted by Crippen LogP contribution is 2.26. The highest BCUT2D eigenvalue weighted by Gasteiger charge is 2.05. The first-order valence-corrected chi connectivity index (χ1v) is 8.55. The number of H-pyrrole nitrogens is 1. The predicted molar refractivity (Wildman–Crippen MR) is 103 cm³/mol. The molecule has 0 fully saturated rings. The van der Waals surface area contributed by atoms with Gasteiger partial charge in [-0.2, -0.15) is 0 Å². The summed E-state index contributed by atoms with van der Waals surface area (Å²) in [7, 11) is 0. The number of hydrogen-bond acceptors (Lipinski definition) is 4. The van der Waals surface area contributed by atoms with E-state index in [1.54, 1.807) is 30.5 Å². The van der Waals surface area contributed by atoms with Gasteiger partial charge in [0.15, 0.2) is 0 Å². The van der Waals surface area contributed by atoms with Gasteiger partial charge >= 0.3 is 0 Å². The average molecular weight is 358 g/mol. The summed E-state index contributed by atoms with van der Waals surface area (Å²) in [4.78, 5) is 7.64. The Morgan fingerprint density at radius 2 is 1.44 bits per heavy atom. The molecule has 0 saturated heterocycles. The van der Waals surface area contributed by atoms with Crippen LogP contribution in [0.3, 0.4) is 0 Å². The van der Waals surface area contributed by atoms with Crippen LogP contribution in [-0.2, 0) is 6.61 Å². The predicted octanol–water partition coefficient (Wildman–Crippen LogP) is 5.15. The maximum absolute atomic E-state index is 9.32. The molecule has 3 aromatic carbocycles. The van der Waals surface area contributed by atoms with Crippen LogP contribution in [0.2, 0.25) is 0 Å². The van der Waals surface area contributed by atoms with Crippen LogP contribution in [0.5, 0.6) is 23.0 Å². The van der Waals surface area contributed by atoms with Gasteiger partial charge in [-0.15, -0.1) is 0 Å². The van der Waals surface area contributed by atoms with Gasteiger partial charge in [0.1, 0.15) is 35.4 Å². The fraction of sp³-hybridized carbons (Fsp3) is 0.0455. The minimum Gasteiger partial charge on any atom is -0.508 e. The number of nitrogens with zero attached hydrogens (tertiary/aromatic N) is 1. The van der Waals surface area contributed by atoms with Gasteiger partial charge in [-0.05, 0) is 66.2 Å². The van der Waals surface area contributed by atoms with Gasteiger partial charge in [-0.25, -0.2) is 4.98 Å². The van der Waals surface area contributed by atoms with E-state index in [2.05, 4.69) is 9.97 Å². The molecule has 1 aromatic heterocycles. The number of aromatic nitrogens is 2. The van der Waals surface area contributed by atoms with E-state index in [1.807, 2.05) is 54.6 Å². The van der Waals surface area contributed by atoms with Gasteiger partial charge in [-0.1, -0.05) is 18.2 Å². The lowest BCUT2D eigenvalue weighted by Crippen LogP contribution is -1.97. The van der Waals surface area contributed by atoms with Crippen LogP contribution in [0.4, 0.5) is 0 Å². The monoisotopic (exact) mass is 358 g/mol. The Kier molecular flexibility index (Phi) is 4.74. The van der Waals surface area contributed by atoms with Crippen LogP contribution in [0, 0.1) is 0 Å². The third-order valence-electron chi connectivity index (χ3n) is 3.98. The van der Waals surface area contributed by atoms with Crippen molar-refractivity contribution in [3.05, 3.63) is 90.9 Å². The average Bonchev–Trinajstić information content (AvgIpc) is 3.19. The molecule has 134 valence electrons. The van der Waals surface area contributed by atoms with Crippen molar-refractivity contribution in [1.82, 2.24) is 9.97 Å². The van der Waals surface area contributed by atoms with Crippen molar-refractivity contribution < 1.29 is 14.6 Å². The van der Waals surface area contributed by atoms with Crippen molar-refractivity contribution >= 4 is 0 Å². The third-order valence-corrected chi connectivity index (χ3v) is 3.98. The molecule has 2 N–H and O–H groups in total. The van der Waals surface area contributed by atoms with Crippen LogP contribution >= 0.6 is 0 Å². The van der Waals surface area contributed by atoms with Crippen LogP contribution in [0.15, 0.2) is 85.1 Å². The number of ether oxygens (including phenoxy) is 2. The standard InChI is InChI=1S/C22H18N2O3/c25-17-8-12-20(13-9-17)27-19-10-6-16(7-11-19)21-14-23-22(24-21)15-26-18-4-2-1-3-5-18/h1-14,25H,15H2,(H,23,24). The zero-order chi connectivity index (χ0) is 18.5. The Labute approximate surface area is 156 Å². The number of nitrogens with one attached hydrogen (secondary N) is 1. The van der Waals surface area contributed by atoms with Crippen molar-refractivity contribution in [2.75, 3.05) is 0 Å². The summed E-state index contributed by atoms with van der Waals surface area (Å²) >= 11 is 0. The second-order valence-corrected chi connectivity index (χ2v) is 5.97. The van der Waals surface area contributed by atoms with Gasteiger partial charge in [0.2, 0.25) is 0 Å². The molecule has 5 heteroatoms. The summed E-state index contributed by atoms with van der Waals surface area (Å²) in [5.74, 6) is 3.17. The van der Waals surface area contributed by atoms with Crippen molar-refractivity contribution in [3.63, 3.8) is 0 Å². The maximum Gasteiger partial charge on any atom is 0.146 e. The first-order chi connectivity index (χ1) is 13.3. The Balaban J connectivity index is 1.40. The van der Waals surface area contributed by atoms with E-state index in [-0.39, 0.29) is 5.75 Å². The first-order valence-electron chi connectivity index (χ1n) is 8.55. The molecule has 0 radical (unpaired) electrons. The van der Waals surface area contributed by atoms with E-state index in [1.165, 1.54) is 0 Å². The first kappa shape index (κ1) is 16.7. The molecule has 0 aliphatic rings. The zero-order valence-corrected chi connectivity index (χ0v) is 14.5. The number of phenols is 1. The number of aromatic hydroxyl groups is 1. The topological polar surface area (TPSA) is 67.4 Å². The minimum absolute atomic E-state index is 0.212. The van der Waals surface area contributed by atoms with Gasteiger partial charge in [0, 0.05) is 0 Å². The zero-order valence-electron chi connectivity index (χ0n) is 14.5. The Morgan fingerprint density at radius 3 is 2.15 bits per heavy atom. The summed E-state index contributed by atoms with van der Waals surface area (Å²) in [5, 5.41) is 9.32. The number of aromatic amines is 1. The molecule has 0 amide bonds. The summed E-state index contributed by atoms with van der Waals surface area (Å²) in [6, 6.07) is 24.0. The van der Waals surface area contributed by atoms with Crippen molar-refractivity contribution in [3.8, 4) is 34.3 Å². The van der Waals surface area contributed by atoms with Gasteiger partial charge in [0.25, 0.3) is 0 Å². The molecule has 4 aromatic rings. The fourth-order valence-electron chi connectivity index (χ4n) is 2.60. The van der Waals surface area contributed by atoms with Gasteiger partial charge < -0.3 is 19.6 Å². The lowest BCUT2D eigenvalue weighted by Gasteiger charge is -2.06. The molecule has 5 nitrogen and oxygen atoms in total. The molecular formula is C22H18N2O3. The second kappa shape index (κ2) is 7.66. The van der Waals surface area contributed by atoms with Crippen molar-refractivity contribution in [1.29, 1.82) is 0 Å². The summed E-state index contributed by atoms with van der Waals surface area (Å²) < 4.78 is 11.5. The van der Waals surface area contributed by atoms with Gasteiger partial charge in [-0.3, -0.25) is 0 Å². The minimum atomic E-state index is 0.212. The Hall–Kier alpha value is -3.73. The van der Waals surface area contributed by atoms with E-state index < -0.39 is 0 Å². The Bertz CT molecular complexity index is 994. The maximum atomic E-state index is 9.32. The normalized spacial score (nSPS) is 10.5. The van der Waals surface area contributed by atoms with Crippen LogP contribution in [0.1, 0.15) is 5.82 Å². The fourth-order valence-corrected chi connectivity index (χ4v) is 2.60. The second-order valence-electron chi connectivity index (χ2n) is 5.97. The molecule has 0 unspecified atom stereocenters. The highest BCUT2D eigenvalue weighted by atomic mass is 16.5. The van der Waals surface area contributed by atoms with Crippen LogP contribution in [-0.4, -0.2) is 15.1 Å². The number of imidazole rings is 1. The number of para-hydroxylation sites is 1. The van der Waals surface area contributed by atoms with Gasteiger partial charge in [0.05, 0.1) is 11.9 Å². The molecule has 27 heavy (non-hydrogen) atoms. The molecule has 4 rings (SSSR count). The smallest absolute Gasteiger partial charge is 0.146 e. The Morgan fingerprint density at radius 1 is 0.778 bits per heavy atom. The van der Waals surface area contributed by atoms with Crippen molar-refractivity contribution in [2.45, 2.75) is 6.61 Å². The molecule has 0 spiro atoms. The number of rotatable bonds is 6. The molecule has 1 heterocycles. The molecule has 0 aliphatic heterocycles. The third kappa shape index (κ3) is 4.27. The molecule has 0 aliphatic carbocycles. The lowest BCUT2D eigenvalue weighted by molar-refractivity contribution is 0.297. The molecule has 0 atom stereocenters. The quantitative estimate of drug-likeness (QED) is 0.500. The van der Waals surface area contributed by atoms with Crippen LogP contribution in [0.25, 0.3) is 11.3 Å². The highest BCUT2D eigenvalue weighted by molar-refractivity contribution is 5.59. The summed E-state index contributed by atoms with van der Waals surface area (Å²) in [5.41, 5.74) is 1.92. The lowest BCUT2D eigenvalue weighted by atomic mass is 10.1. The van der Waals surface area contributed by atoms with E-state index in [4.69, 9.17) is 9.47 Å². The van der Waals surface area contributed by atoms with E-state index >= 15 is 0 Å². The molecule has 0 saturated carbocycles. The number of benzene rings is 3. The summed E-state index contributed by atoms with van der Waals surface area (Å²) in [6.45, 7) is 0.381. The largest absolute Gasteiger partial charge is 0.508 e. The summed E-state index contributed by atoms with van der Waals surface area (Å²) in [6.07, 6.45) is 1.79. The van der Waals surface area contributed by atoms with E-state index in [0.29, 0.717) is 12.4 Å². The SMILES string of the molecule is Oc1ccc(Oc2ccc(-c3cnc(COc4ccccc4)[nH]3)cc2)cc1. The van der Waals surface area contributed by atoms with E-state index in [0.717, 1.165) is 28.6 Å². The molecule has 0 bridgehead atoms. The number of hydrogen-bond donors (Lipinski definition) is 2.